The normalized spacial score (nSPS) is 17.3. The van der Waals surface area contributed by atoms with E-state index in [1.165, 1.54) is 0 Å². The van der Waals surface area contributed by atoms with Gasteiger partial charge in [-0.15, -0.1) is 0 Å². The van der Waals surface area contributed by atoms with Crippen molar-refractivity contribution < 1.29 is 19.1 Å². The molecular weight excluding hydrogens is 296 g/mol. The van der Waals surface area contributed by atoms with E-state index in [0.29, 0.717) is 30.3 Å². The third-order valence-corrected chi connectivity index (χ3v) is 4.00. The Labute approximate surface area is 136 Å². The van der Waals surface area contributed by atoms with Gasteiger partial charge < -0.3 is 19.7 Å². The van der Waals surface area contributed by atoms with E-state index < -0.39 is 0 Å². The van der Waals surface area contributed by atoms with Gasteiger partial charge >= 0.3 is 0 Å². The Morgan fingerprint density at radius 2 is 2.13 bits per heavy atom. The fourth-order valence-corrected chi connectivity index (χ4v) is 2.66. The number of amides is 2. The molecule has 23 heavy (non-hydrogen) atoms. The van der Waals surface area contributed by atoms with Crippen LogP contribution in [0.1, 0.15) is 26.2 Å². The molecule has 1 aromatic carbocycles. The Bertz CT molecular complexity index is 574. The molecule has 0 saturated carbocycles. The number of hydrogen-bond donors (Lipinski definition) is 1. The van der Waals surface area contributed by atoms with Crippen LogP contribution in [0.25, 0.3) is 0 Å². The number of unbranched alkanes of at least 4 members (excludes halogenated alkanes) is 1. The number of anilines is 1. The molecule has 0 spiro atoms. The van der Waals surface area contributed by atoms with Crippen LogP contribution in [0.15, 0.2) is 18.2 Å². The zero-order valence-corrected chi connectivity index (χ0v) is 13.9. The van der Waals surface area contributed by atoms with Crippen molar-refractivity contribution in [1.29, 1.82) is 0 Å². The molecule has 1 saturated heterocycles. The van der Waals surface area contributed by atoms with Gasteiger partial charge in [0.25, 0.3) is 0 Å². The van der Waals surface area contributed by atoms with Crippen LogP contribution in [-0.2, 0) is 9.59 Å². The highest BCUT2D eigenvalue weighted by Gasteiger charge is 2.36. The molecule has 126 valence electrons. The summed E-state index contributed by atoms with van der Waals surface area (Å²) in [6.07, 6.45) is 2.19. The van der Waals surface area contributed by atoms with Gasteiger partial charge in [0, 0.05) is 25.6 Å². The van der Waals surface area contributed by atoms with E-state index in [-0.39, 0.29) is 24.2 Å². The first-order valence-corrected chi connectivity index (χ1v) is 7.90. The van der Waals surface area contributed by atoms with Crippen LogP contribution >= 0.6 is 0 Å². The van der Waals surface area contributed by atoms with Gasteiger partial charge in [-0.3, -0.25) is 9.59 Å². The fourth-order valence-electron chi connectivity index (χ4n) is 2.66. The summed E-state index contributed by atoms with van der Waals surface area (Å²) >= 11 is 0. The van der Waals surface area contributed by atoms with Crippen molar-refractivity contribution in [3.8, 4) is 11.5 Å². The zero-order valence-electron chi connectivity index (χ0n) is 13.9. The van der Waals surface area contributed by atoms with Gasteiger partial charge in [-0.2, -0.15) is 0 Å². The molecular formula is C17H24N2O4. The maximum atomic E-state index is 12.3. The molecule has 0 aromatic heterocycles. The molecule has 0 aliphatic carbocycles. The monoisotopic (exact) mass is 320 g/mol. The summed E-state index contributed by atoms with van der Waals surface area (Å²) in [4.78, 5) is 26.1. The first-order chi connectivity index (χ1) is 11.1. The highest BCUT2D eigenvalue weighted by atomic mass is 16.5. The quantitative estimate of drug-likeness (QED) is 0.780. The SMILES string of the molecule is CCCCNC(=O)C1CC(=O)N(c2cc(OC)ccc2OC)C1. The number of carbonyl (C=O) groups excluding carboxylic acids is 2. The van der Waals surface area contributed by atoms with E-state index in [1.54, 1.807) is 37.3 Å². The Morgan fingerprint density at radius 3 is 2.78 bits per heavy atom. The Kier molecular flexibility index (Phi) is 5.84. The zero-order chi connectivity index (χ0) is 16.8. The molecule has 1 heterocycles. The van der Waals surface area contributed by atoms with Crippen molar-refractivity contribution in [3.05, 3.63) is 18.2 Å². The summed E-state index contributed by atoms with van der Waals surface area (Å²) in [5.41, 5.74) is 0.640. The number of carbonyl (C=O) groups is 2. The van der Waals surface area contributed by atoms with Crippen molar-refractivity contribution in [2.24, 2.45) is 5.92 Å². The van der Waals surface area contributed by atoms with Crippen LogP contribution < -0.4 is 19.7 Å². The minimum Gasteiger partial charge on any atom is -0.497 e. The smallest absolute Gasteiger partial charge is 0.227 e. The van der Waals surface area contributed by atoms with Crippen LogP contribution in [0.3, 0.4) is 0 Å². The van der Waals surface area contributed by atoms with Crippen LogP contribution in [0.2, 0.25) is 0 Å². The van der Waals surface area contributed by atoms with E-state index in [4.69, 9.17) is 9.47 Å². The van der Waals surface area contributed by atoms with Crippen LogP contribution in [-0.4, -0.2) is 39.1 Å². The summed E-state index contributed by atoms with van der Waals surface area (Å²) in [6.45, 7) is 3.09. The van der Waals surface area contributed by atoms with Crippen molar-refractivity contribution in [2.75, 3.05) is 32.2 Å². The Balaban J connectivity index is 2.12. The van der Waals surface area contributed by atoms with Crippen LogP contribution in [0, 0.1) is 5.92 Å². The number of nitrogens with one attached hydrogen (secondary N) is 1. The summed E-state index contributed by atoms with van der Waals surface area (Å²) < 4.78 is 10.5. The van der Waals surface area contributed by atoms with Gasteiger partial charge in [0.15, 0.2) is 0 Å². The fraction of sp³-hybridized carbons (Fsp3) is 0.529. The lowest BCUT2D eigenvalue weighted by molar-refractivity contribution is -0.126. The summed E-state index contributed by atoms with van der Waals surface area (Å²) in [7, 11) is 3.13. The first kappa shape index (κ1) is 17.1. The van der Waals surface area contributed by atoms with Gasteiger partial charge in [0.2, 0.25) is 11.8 Å². The predicted octanol–water partition coefficient (Wildman–Crippen LogP) is 1.97. The second-order valence-corrected chi connectivity index (χ2v) is 5.59. The molecule has 1 N–H and O–H groups in total. The van der Waals surface area contributed by atoms with Gasteiger partial charge in [0.1, 0.15) is 11.5 Å². The lowest BCUT2D eigenvalue weighted by Crippen LogP contribution is -2.33. The van der Waals surface area contributed by atoms with E-state index in [9.17, 15) is 9.59 Å². The van der Waals surface area contributed by atoms with Crippen molar-refractivity contribution in [3.63, 3.8) is 0 Å². The van der Waals surface area contributed by atoms with Crippen LogP contribution in [0.4, 0.5) is 5.69 Å². The molecule has 1 atom stereocenters. The molecule has 2 rings (SSSR count). The maximum Gasteiger partial charge on any atom is 0.227 e. The number of hydrogen-bond acceptors (Lipinski definition) is 4. The van der Waals surface area contributed by atoms with E-state index in [1.807, 2.05) is 0 Å². The molecule has 2 amide bonds. The van der Waals surface area contributed by atoms with Crippen molar-refractivity contribution in [2.45, 2.75) is 26.2 Å². The third kappa shape index (κ3) is 3.94. The topological polar surface area (TPSA) is 67.9 Å². The molecule has 1 fully saturated rings. The molecule has 1 unspecified atom stereocenters. The molecule has 0 radical (unpaired) electrons. The summed E-state index contributed by atoms with van der Waals surface area (Å²) in [5.74, 6) is 0.772. The number of nitrogens with zero attached hydrogens (tertiary/aromatic N) is 1. The van der Waals surface area contributed by atoms with Crippen molar-refractivity contribution >= 4 is 17.5 Å². The first-order valence-electron chi connectivity index (χ1n) is 7.90. The maximum absolute atomic E-state index is 12.3. The number of benzene rings is 1. The molecule has 6 nitrogen and oxygen atoms in total. The Morgan fingerprint density at radius 1 is 1.35 bits per heavy atom. The highest BCUT2D eigenvalue weighted by molar-refractivity contribution is 6.01. The largest absolute Gasteiger partial charge is 0.497 e. The van der Waals surface area contributed by atoms with Crippen LogP contribution in [0.5, 0.6) is 11.5 Å². The summed E-state index contributed by atoms with van der Waals surface area (Å²) in [6, 6.07) is 5.29. The standard InChI is InChI=1S/C17H24N2O4/c1-4-5-8-18-17(21)12-9-16(20)19(11-12)14-10-13(22-2)6-7-15(14)23-3/h6-7,10,12H,4-5,8-9,11H2,1-3H3,(H,18,21). The van der Waals surface area contributed by atoms with E-state index in [0.717, 1.165) is 12.8 Å². The average Bonchev–Trinajstić information content (AvgIpc) is 2.96. The van der Waals surface area contributed by atoms with Gasteiger partial charge in [-0.25, -0.2) is 0 Å². The highest BCUT2D eigenvalue weighted by Crippen LogP contribution is 2.35. The van der Waals surface area contributed by atoms with Gasteiger partial charge in [-0.05, 0) is 18.6 Å². The van der Waals surface area contributed by atoms with Crippen molar-refractivity contribution in [1.82, 2.24) is 5.32 Å². The summed E-state index contributed by atoms with van der Waals surface area (Å²) in [5, 5.41) is 2.90. The number of ether oxygens (including phenoxy) is 2. The minimum absolute atomic E-state index is 0.0591. The second kappa shape index (κ2) is 7.85. The molecule has 1 aliphatic heterocycles. The molecule has 1 aromatic rings. The number of rotatable bonds is 7. The third-order valence-electron chi connectivity index (χ3n) is 4.00. The van der Waals surface area contributed by atoms with Gasteiger partial charge in [-0.1, -0.05) is 13.3 Å². The predicted molar refractivity (Wildman–Crippen MR) is 87.9 cm³/mol. The van der Waals surface area contributed by atoms with E-state index >= 15 is 0 Å². The lowest BCUT2D eigenvalue weighted by Gasteiger charge is -2.20. The molecule has 6 heteroatoms. The van der Waals surface area contributed by atoms with Gasteiger partial charge in [0.05, 0.1) is 25.8 Å². The molecule has 1 aliphatic rings. The lowest BCUT2D eigenvalue weighted by atomic mass is 10.1. The number of methoxy groups -OCH3 is 2. The Hall–Kier alpha value is -2.24. The average molecular weight is 320 g/mol. The second-order valence-electron chi connectivity index (χ2n) is 5.59. The van der Waals surface area contributed by atoms with E-state index in [2.05, 4.69) is 12.2 Å². The minimum atomic E-state index is -0.324. The molecule has 0 bridgehead atoms.